The van der Waals surface area contributed by atoms with Crippen molar-refractivity contribution in [3.05, 3.63) is 77.9 Å². The van der Waals surface area contributed by atoms with E-state index < -0.39 is 0 Å². The van der Waals surface area contributed by atoms with Crippen molar-refractivity contribution >= 4 is 11.5 Å². The van der Waals surface area contributed by atoms with Gasteiger partial charge in [-0.2, -0.15) is 0 Å². The highest BCUT2D eigenvalue weighted by Crippen LogP contribution is 2.34. The number of aliphatic imine (C=N–C) groups is 1. The van der Waals surface area contributed by atoms with Crippen LogP contribution in [0, 0.1) is 5.92 Å². The van der Waals surface area contributed by atoms with Crippen LogP contribution in [-0.4, -0.2) is 88.5 Å². The van der Waals surface area contributed by atoms with E-state index >= 15 is 0 Å². The first-order chi connectivity index (χ1) is 20.7. The quantitative estimate of drug-likeness (QED) is 0.284. The van der Waals surface area contributed by atoms with Gasteiger partial charge in [-0.05, 0) is 52.8 Å². The number of ether oxygens (including phenoxy) is 3. The van der Waals surface area contributed by atoms with Gasteiger partial charge in [-0.15, -0.1) is 0 Å². The highest BCUT2D eigenvalue weighted by atomic mass is 16.5. The molecule has 222 valence electrons. The van der Waals surface area contributed by atoms with Crippen LogP contribution in [0.3, 0.4) is 0 Å². The lowest BCUT2D eigenvalue weighted by Crippen LogP contribution is -2.35. The Balaban J connectivity index is 1.25. The van der Waals surface area contributed by atoms with Crippen LogP contribution in [0.15, 0.2) is 71.7 Å². The molecule has 3 fully saturated rings. The van der Waals surface area contributed by atoms with E-state index in [0.29, 0.717) is 5.92 Å². The van der Waals surface area contributed by atoms with Crippen LogP contribution in [-0.2, 0) is 27.3 Å². The molecule has 3 aliphatic heterocycles. The second-order valence-electron chi connectivity index (χ2n) is 11.6. The molecule has 0 aromatic heterocycles. The molecule has 3 saturated heterocycles. The maximum atomic E-state index is 5.62. The summed E-state index contributed by atoms with van der Waals surface area (Å²) >= 11 is 0. The summed E-state index contributed by atoms with van der Waals surface area (Å²) in [4.78, 5) is 9.61. The van der Waals surface area contributed by atoms with E-state index in [2.05, 4.69) is 86.8 Å². The number of benzene rings is 3. The van der Waals surface area contributed by atoms with Gasteiger partial charge in [0.1, 0.15) is 5.84 Å². The Kier molecular flexibility index (Phi) is 9.95. The molecule has 3 aromatic carbocycles. The van der Waals surface area contributed by atoms with E-state index in [1.54, 1.807) is 0 Å². The van der Waals surface area contributed by atoms with Crippen molar-refractivity contribution in [2.45, 2.75) is 25.9 Å². The van der Waals surface area contributed by atoms with Crippen LogP contribution in [0.2, 0.25) is 0 Å². The van der Waals surface area contributed by atoms with Gasteiger partial charge in [0.2, 0.25) is 0 Å². The molecule has 0 saturated carbocycles. The van der Waals surface area contributed by atoms with Gasteiger partial charge in [-0.25, -0.2) is 0 Å². The van der Waals surface area contributed by atoms with E-state index in [4.69, 9.17) is 14.2 Å². The first kappa shape index (κ1) is 29.0. The predicted octanol–water partition coefficient (Wildman–Crippen LogP) is 5.55. The lowest BCUT2D eigenvalue weighted by molar-refractivity contribution is 0.0341. The second-order valence-corrected chi connectivity index (χ2v) is 11.6. The number of nitrogens with one attached hydrogen (secondary N) is 1. The van der Waals surface area contributed by atoms with Gasteiger partial charge >= 0.3 is 0 Å². The van der Waals surface area contributed by atoms with Crippen LogP contribution < -0.4 is 5.32 Å². The van der Waals surface area contributed by atoms with Gasteiger partial charge in [-0.3, -0.25) is 14.8 Å². The summed E-state index contributed by atoms with van der Waals surface area (Å²) in [5, 5.41) is 3.74. The van der Waals surface area contributed by atoms with Crippen LogP contribution in [0.4, 0.5) is 5.69 Å². The van der Waals surface area contributed by atoms with Crippen LogP contribution in [0.1, 0.15) is 24.0 Å². The largest absolute Gasteiger partial charge is 0.381 e. The number of hydrogen-bond acceptors (Lipinski definition) is 6. The first-order valence-electron chi connectivity index (χ1n) is 15.5. The Morgan fingerprint density at radius 3 is 1.71 bits per heavy atom. The van der Waals surface area contributed by atoms with E-state index in [0.717, 1.165) is 103 Å². The molecule has 0 atom stereocenters. The monoisotopic (exact) mass is 568 g/mol. The number of nitrogens with zero attached hydrogens (tertiary/aromatic N) is 3. The molecule has 7 heteroatoms. The fourth-order valence-corrected chi connectivity index (χ4v) is 6.15. The molecule has 0 aliphatic carbocycles. The van der Waals surface area contributed by atoms with E-state index in [-0.39, 0.29) is 0 Å². The minimum atomic E-state index is 0.395. The van der Waals surface area contributed by atoms with E-state index in [1.807, 2.05) is 7.05 Å². The molecule has 6 rings (SSSR count). The minimum Gasteiger partial charge on any atom is -0.381 e. The van der Waals surface area contributed by atoms with E-state index in [9.17, 15) is 0 Å². The standard InChI is InChI=1S/C35H44N4O3/c1-36-35(31-12-18-40-19-13-31)37-34-11-10-32(29-6-2-27(3-7-29)25-38-14-20-41-21-15-38)24-33(34)30-8-4-28(5-9-30)26-39-16-22-42-23-17-39/h2-11,24,31H,12-23,25-26H2,1H3,(H,36,37). The third-order valence-corrected chi connectivity index (χ3v) is 8.70. The maximum Gasteiger partial charge on any atom is 0.104 e. The van der Waals surface area contributed by atoms with Crippen LogP contribution >= 0.6 is 0 Å². The molecular formula is C35H44N4O3. The van der Waals surface area contributed by atoms with Gasteiger partial charge in [-0.1, -0.05) is 54.6 Å². The van der Waals surface area contributed by atoms with Gasteiger partial charge in [0.05, 0.1) is 26.4 Å². The second kappa shape index (κ2) is 14.4. The Bertz CT molecular complexity index is 1310. The summed E-state index contributed by atoms with van der Waals surface area (Å²) in [6, 6.07) is 24.9. The summed E-state index contributed by atoms with van der Waals surface area (Å²) < 4.78 is 16.7. The van der Waals surface area contributed by atoms with E-state index in [1.165, 1.54) is 33.4 Å². The molecule has 0 amide bonds. The molecule has 0 unspecified atom stereocenters. The van der Waals surface area contributed by atoms with Crippen molar-refractivity contribution < 1.29 is 14.2 Å². The maximum absolute atomic E-state index is 5.62. The molecule has 7 nitrogen and oxygen atoms in total. The average Bonchev–Trinajstić information content (AvgIpc) is 3.06. The van der Waals surface area contributed by atoms with Crippen LogP contribution in [0.5, 0.6) is 0 Å². The highest BCUT2D eigenvalue weighted by molar-refractivity contribution is 6.01. The molecule has 0 spiro atoms. The highest BCUT2D eigenvalue weighted by Gasteiger charge is 2.21. The van der Waals surface area contributed by atoms with Crippen molar-refractivity contribution in [2.75, 3.05) is 78.2 Å². The zero-order valence-corrected chi connectivity index (χ0v) is 24.9. The number of amidine groups is 1. The van der Waals surface area contributed by atoms with Crippen molar-refractivity contribution in [1.82, 2.24) is 9.80 Å². The Morgan fingerprint density at radius 1 is 0.667 bits per heavy atom. The Labute approximate surface area is 250 Å². The number of anilines is 1. The Morgan fingerprint density at radius 2 is 1.17 bits per heavy atom. The van der Waals surface area contributed by atoms with Crippen molar-refractivity contribution in [2.24, 2.45) is 10.9 Å². The average molecular weight is 569 g/mol. The van der Waals surface area contributed by atoms with Gasteiger partial charge in [0.25, 0.3) is 0 Å². The Hall–Kier alpha value is -3.07. The molecule has 0 bridgehead atoms. The minimum absolute atomic E-state index is 0.395. The normalized spacial score (nSPS) is 19.6. The zero-order valence-electron chi connectivity index (χ0n) is 24.9. The molecule has 3 aliphatic rings. The zero-order chi connectivity index (χ0) is 28.6. The first-order valence-corrected chi connectivity index (χ1v) is 15.5. The summed E-state index contributed by atoms with van der Waals surface area (Å²) in [5.41, 5.74) is 8.61. The SMILES string of the molecule is CN=C(Nc1ccc(-c2ccc(CN3CCOCC3)cc2)cc1-c1ccc(CN2CCOCC2)cc1)C1CCOCC1. The summed E-state index contributed by atoms with van der Waals surface area (Å²) in [5.74, 6) is 1.44. The molecule has 3 aromatic rings. The van der Waals surface area contributed by atoms with Crippen molar-refractivity contribution in [1.29, 1.82) is 0 Å². The summed E-state index contributed by atoms with van der Waals surface area (Å²) in [7, 11) is 1.89. The van der Waals surface area contributed by atoms with Crippen molar-refractivity contribution in [3.63, 3.8) is 0 Å². The fourth-order valence-electron chi connectivity index (χ4n) is 6.15. The molecule has 3 heterocycles. The molecule has 42 heavy (non-hydrogen) atoms. The smallest absolute Gasteiger partial charge is 0.104 e. The number of morpholine rings is 2. The lowest BCUT2D eigenvalue weighted by atomic mass is 9.94. The summed E-state index contributed by atoms with van der Waals surface area (Å²) in [6.07, 6.45) is 2.00. The number of rotatable bonds is 8. The predicted molar refractivity (Wildman–Crippen MR) is 170 cm³/mol. The number of hydrogen-bond donors (Lipinski definition) is 1. The summed E-state index contributed by atoms with van der Waals surface area (Å²) in [6.45, 7) is 10.8. The lowest BCUT2D eigenvalue weighted by Gasteiger charge is -2.27. The molecular weight excluding hydrogens is 524 g/mol. The third-order valence-electron chi connectivity index (χ3n) is 8.70. The molecule has 0 radical (unpaired) electrons. The third kappa shape index (κ3) is 7.46. The topological polar surface area (TPSA) is 58.6 Å². The molecule has 1 N–H and O–H groups in total. The van der Waals surface area contributed by atoms with Gasteiger partial charge in [0, 0.05) is 76.7 Å². The van der Waals surface area contributed by atoms with Gasteiger partial charge in [0.15, 0.2) is 0 Å². The van der Waals surface area contributed by atoms with Gasteiger partial charge < -0.3 is 19.5 Å². The van der Waals surface area contributed by atoms with Crippen LogP contribution in [0.25, 0.3) is 22.3 Å². The van der Waals surface area contributed by atoms with Crippen molar-refractivity contribution in [3.8, 4) is 22.3 Å². The fraction of sp³-hybridized carbons (Fsp3) is 0.457.